The van der Waals surface area contributed by atoms with Crippen molar-refractivity contribution in [2.45, 2.75) is 12.2 Å². The number of nitrogens with zero attached hydrogens (tertiary/aromatic N) is 1. The zero-order valence-corrected chi connectivity index (χ0v) is 11.3. The molecule has 2 aromatic rings. The quantitative estimate of drug-likeness (QED) is 0.857. The van der Waals surface area contributed by atoms with E-state index in [9.17, 15) is 18.0 Å². The van der Waals surface area contributed by atoms with Crippen LogP contribution in [0.5, 0.6) is 0 Å². The molecule has 1 atom stereocenters. The monoisotopic (exact) mass is 304 g/mol. The second-order valence-electron chi connectivity index (χ2n) is 4.89. The van der Waals surface area contributed by atoms with Crippen molar-refractivity contribution in [3.05, 3.63) is 65.0 Å². The van der Waals surface area contributed by atoms with Crippen LogP contribution in [-0.2, 0) is 11.0 Å². The molecule has 112 valence electrons. The van der Waals surface area contributed by atoms with E-state index in [2.05, 4.69) is 10.3 Å². The summed E-state index contributed by atoms with van der Waals surface area (Å²) in [6.07, 6.45) is 0.742. The highest BCUT2D eigenvalue weighted by Gasteiger charge is 2.36. The van der Waals surface area contributed by atoms with E-state index in [0.29, 0.717) is 23.0 Å². The number of aldehydes is 1. The maximum absolute atomic E-state index is 13.1. The number of carbonyl (C=O) groups excluding carboxylic acids is 1. The van der Waals surface area contributed by atoms with Gasteiger partial charge in [0.25, 0.3) is 0 Å². The molecule has 0 fully saturated rings. The second-order valence-corrected chi connectivity index (χ2v) is 4.89. The fourth-order valence-electron chi connectivity index (χ4n) is 2.50. The Labute approximate surface area is 124 Å². The summed E-state index contributed by atoms with van der Waals surface area (Å²) in [5.74, 6) is 0. The third-order valence-electron chi connectivity index (χ3n) is 3.50. The third-order valence-corrected chi connectivity index (χ3v) is 3.50. The number of hydrogen-bond donors (Lipinski definition) is 1. The molecule has 3 nitrogen and oxygen atoms in total. The Balaban J connectivity index is 2.14. The number of aromatic nitrogens is 1. The molecule has 1 N–H and O–H groups in total. The van der Waals surface area contributed by atoms with Gasteiger partial charge in [0.2, 0.25) is 0 Å². The number of para-hydroxylation sites is 1. The van der Waals surface area contributed by atoms with Crippen molar-refractivity contribution in [3.63, 3.8) is 0 Å². The smallest absolute Gasteiger partial charge is 0.373 e. The van der Waals surface area contributed by atoms with Crippen molar-refractivity contribution in [2.24, 2.45) is 0 Å². The maximum Gasteiger partial charge on any atom is 0.418 e. The molecule has 6 heteroatoms. The summed E-state index contributed by atoms with van der Waals surface area (Å²) in [6.45, 7) is 0. The lowest BCUT2D eigenvalue weighted by Gasteiger charge is -2.28. The summed E-state index contributed by atoms with van der Waals surface area (Å²) in [7, 11) is 0. The minimum Gasteiger partial charge on any atom is -0.373 e. The Morgan fingerprint density at radius 2 is 2.00 bits per heavy atom. The number of rotatable bonds is 2. The van der Waals surface area contributed by atoms with Gasteiger partial charge >= 0.3 is 6.18 Å². The lowest BCUT2D eigenvalue weighted by Crippen LogP contribution is -2.21. The van der Waals surface area contributed by atoms with Crippen LogP contribution in [0.3, 0.4) is 0 Å². The first-order chi connectivity index (χ1) is 10.5. The molecule has 0 amide bonds. The van der Waals surface area contributed by atoms with Crippen LogP contribution in [-0.4, -0.2) is 11.3 Å². The summed E-state index contributed by atoms with van der Waals surface area (Å²) < 4.78 is 39.4. The van der Waals surface area contributed by atoms with Gasteiger partial charge in [-0.1, -0.05) is 18.2 Å². The topological polar surface area (TPSA) is 42.0 Å². The Hall–Kier alpha value is -2.63. The number of alkyl halides is 3. The van der Waals surface area contributed by atoms with E-state index in [1.165, 1.54) is 18.3 Å². The van der Waals surface area contributed by atoms with Gasteiger partial charge in [0.05, 0.1) is 17.3 Å². The van der Waals surface area contributed by atoms with Crippen LogP contribution in [0.25, 0.3) is 6.08 Å². The molecule has 1 unspecified atom stereocenters. The SMILES string of the molecule is O=CC1=Cc2cccc(C(F)(F)F)c2NC1c1cccnc1. The van der Waals surface area contributed by atoms with E-state index in [0.717, 1.165) is 6.07 Å². The minimum absolute atomic E-state index is 0.0190. The van der Waals surface area contributed by atoms with Gasteiger partial charge in [0.1, 0.15) is 6.29 Å². The molecule has 0 saturated carbocycles. The molecule has 2 heterocycles. The van der Waals surface area contributed by atoms with Crippen LogP contribution in [0.1, 0.15) is 22.7 Å². The number of anilines is 1. The number of pyridine rings is 1. The predicted molar refractivity (Wildman–Crippen MR) is 76.1 cm³/mol. The van der Waals surface area contributed by atoms with Gasteiger partial charge < -0.3 is 5.32 Å². The summed E-state index contributed by atoms with van der Waals surface area (Å²) in [6, 6.07) is 6.62. The highest BCUT2D eigenvalue weighted by atomic mass is 19.4. The van der Waals surface area contributed by atoms with E-state index < -0.39 is 17.8 Å². The molecule has 1 aromatic carbocycles. The Morgan fingerprint density at radius 3 is 2.64 bits per heavy atom. The van der Waals surface area contributed by atoms with Crippen LogP contribution in [0.15, 0.2) is 48.3 Å². The van der Waals surface area contributed by atoms with Crippen LogP contribution in [0.4, 0.5) is 18.9 Å². The van der Waals surface area contributed by atoms with E-state index >= 15 is 0 Å². The molecule has 1 aliphatic heterocycles. The first-order valence-electron chi connectivity index (χ1n) is 6.54. The van der Waals surface area contributed by atoms with Crippen LogP contribution < -0.4 is 5.32 Å². The van der Waals surface area contributed by atoms with Gasteiger partial charge in [0, 0.05) is 18.0 Å². The van der Waals surface area contributed by atoms with Gasteiger partial charge in [-0.3, -0.25) is 9.78 Å². The van der Waals surface area contributed by atoms with Crippen LogP contribution in [0, 0.1) is 0 Å². The number of benzene rings is 1. The predicted octanol–water partition coefficient (Wildman–Crippen LogP) is 3.85. The van der Waals surface area contributed by atoms with Gasteiger partial charge in [-0.15, -0.1) is 0 Å². The second kappa shape index (κ2) is 5.29. The van der Waals surface area contributed by atoms with Crippen molar-refractivity contribution in [1.82, 2.24) is 4.98 Å². The molecule has 3 rings (SSSR count). The number of halogens is 3. The number of fused-ring (bicyclic) bond motifs is 1. The molecule has 0 aliphatic carbocycles. The van der Waals surface area contributed by atoms with Gasteiger partial charge in [-0.25, -0.2) is 0 Å². The van der Waals surface area contributed by atoms with E-state index in [-0.39, 0.29) is 5.69 Å². The molecule has 1 aliphatic rings. The number of nitrogens with one attached hydrogen (secondary N) is 1. The molecule has 1 aromatic heterocycles. The van der Waals surface area contributed by atoms with E-state index in [1.807, 2.05) is 0 Å². The first kappa shape index (κ1) is 14.3. The van der Waals surface area contributed by atoms with Crippen LogP contribution in [0.2, 0.25) is 0 Å². The number of carbonyl (C=O) groups is 1. The molecular weight excluding hydrogens is 293 g/mol. The highest BCUT2D eigenvalue weighted by molar-refractivity contribution is 5.90. The van der Waals surface area contributed by atoms with E-state index in [4.69, 9.17) is 0 Å². The van der Waals surface area contributed by atoms with Gasteiger partial charge in [-0.2, -0.15) is 13.2 Å². The molecule has 0 spiro atoms. The molecule has 0 saturated heterocycles. The fourth-order valence-corrected chi connectivity index (χ4v) is 2.50. The summed E-state index contributed by atoms with van der Waals surface area (Å²) >= 11 is 0. The third kappa shape index (κ3) is 2.47. The lowest BCUT2D eigenvalue weighted by atomic mass is 9.92. The standard InChI is InChI=1S/C16H11F3N2O/c17-16(18,19)13-5-1-3-10-7-12(9-22)14(21-15(10)13)11-4-2-6-20-8-11/h1-9,14,21H. The van der Waals surface area contributed by atoms with Crippen LogP contribution >= 0.6 is 0 Å². The summed E-state index contributed by atoms with van der Waals surface area (Å²) in [4.78, 5) is 15.2. The normalized spacial score (nSPS) is 17.2. The lowest BCUT2D eigenvalue weighted by molar-refractivity contribution is -0.137. The van der Waals surface area contributed by atoms with Gasteiger partial charge in [0.15, 0.2) is 0 Å². The molecule has 22 heavy (non-hydrogen) atoms. The summed E-state index contributed by atoms with van der Waals surface area (Å²) in [5, 5.41) is 2.83. The average molecular weight is 304 g/mol. The minimum atomic E-state index is -4.47. The van der Waals surface area contributed by atoms with Crippen molar-refractivity contribution >= 4 is 18.0 Å². The van der Waals surface area contributed by atoms with Crippen molar-refractivity contribution < 1.29 is 18.0 Å². The average Bonchev–Trinajstić information content (AvgIpc) is 2.52. The Kier molecular flexibility index (Phi) is 3.44. The largest absolute Gasteiger partial charge is 0.418 e. The fraction of sp³-hybridized carbons (Fsp3) is 0.125. The summed E-state index contributed by atoms with van der Waals surface area (Å²) in [5.41, 5.74) is 0.565. The Bertz CT molecular complexity index is 739. The zero-order valence-electron chi connectivity index (χ0n) is 11.3. The van der Waals surface area contributed by atoms with Gasteiger partial charge in [-0.05, 0) is 29.3 Å². The van der Waals surface area contributed by atoms with E-state index in [1.54, 1.807) is 24.4 Å². The highest BCUT2D eigenvalue weighted by Crippen LogP contribution is 2.42. The molecular formula is C16H11F3N2O. The van der Waals surface area contributed by atoms with Crippen molar-refractivity contribution in [2.75, 3.05) is 5.32 Å². The Morgan fingerprint density at radius 1 is 1.18 bits per heavy atom. The van der Waals surface area contributed by atoms with Crippen molar-refractivity contribution in [3.8, 4) is 0 Å². The first-order valence-corrected chi connectivity index (χ1v) is 6.54. The number of hydrogen-bond acceptors (Lipinski definition) is 3. The molecule has 0 radical (unpaired) electrons. The van der Waals surface area contributed by atoms with Crippen molar-refractivity contribution in [1.29, 1.82) is 0 Å². The maximum atomic E-state index is 13.1. The molecule has 0 bridgehead atoms. The zero-order chi connectivity index (χ0) is 15.7.